The van der Waals surface area contributed by atoms with Crippen molar-refractivity contribution in [2.24, 2.45) is 0 Å². The van der Waals surface area contributed by atoms with Crippen LogP contribution in [-0.2, 0) is 11.2 Å². The minimum atomic E-state index is 0.0228. The van der Waals surface area contributed by atoms with Crippen LogP contribution in [0.4, 0.5) is 10.6 Å². The number of anilines is 1. The van der Waals surface area contributed by atoms with E-state index in [1.165, 1.54) is 0 Å². The number of hydrogen-bond donors (Lipinski definition) is 1. The molecule has 24 heavy (non-hydrogen) atoms. The second kappa shape index (κ2) is 7.79. The first-order valence-corrected chi connectivity index (χ1v) is 8.88. The first-order chi connectivity index (χ1) is 11.7. The normalized spacial score (nSPS) is 24.8. The molecule has 2 fully saturated rings. The number of nitrogens with zero attached hydrogens (tertiary/aromatic N) is 4. The van der Waals surface area contributed by atoms with Crippen LogP contribution in [0.2, 0.25) is 0 Å². The van der Waals surface area contributed by atoms with Crippen LogP contribution in [0.15, 0.2) is 12.4 Å². The third-order valence-corrected chi connectivity index (χ3v) is 4.77. The first-order valence-electron chi connectivity index (χ1n) is 8.88. The second-order valence-corrected chi connectivity index (χ2v) is 6.57. The summed E-state index contributed by atoms with van der Waals surface area (Å²) in [6, 6.07) is 2.36. The average Bonchev–Trinajstić information content (AvgIpc) is 2.62. The molecule has 0 aromatic carbocycles. The van der Waals surface area contributed by atoms with Crippen molar-refractivity contribution in [2.45, 2.75) is 45.2 Å². The van der Waals surface area contributed by atoms with Gasteiger partial charge in [0.2, 0.25) is 0 Å². The van der Waals surface area contributed by atoms with Gasteiger partial charge in [0, 0.05) is 37.4 Å². The van der Waals surface area contributed by atoms with Crippen LogP contribution in [0.25, 0.3) is 0 Å². The summed E-state index contributed by atoms with van der Waals surface area (Å²) in [6.07, 6.45) is 4.59. The molecule has 0 bridgehead atoms. The molecule has 0 spiro atoms. The van der Waals surface area contributed by atoms with Crippen LogP contribution in [0, 0.1) is 0 Å². The van der Waals surface area contributed by atoms with Gasteiger partial charge in [0.1, 0.15) is 12.1 Å². The standard InChI is InChI=1S/C17H27N5O2/c1-3-14-9-16(19-12-18-14)21-6-4-5-15(10-21)20-17(23)22-7-8-24-11-13(22)2/h9,12-13,15H,3-8,10-11H2,1-2H3,(H,20,23)/t13-,15?/m1/s1. The van der Waals surface area contributed by atoms with Gasteiger partial charge in [-0.05, 0) is 26.2 Å². The number of ether oxygens (including phenoxy) is 1. The first kappa shape index (κ1) is 17.0. The molecule has 3 heterocycles. The van der Waals surface area contributed by atoms with Crippen molar-refractivity contribution in [1.29, 1.82) is 0 Å². The predicted molar refractivity (Wildman–Crippen MR) is 92.2 cm³/mol. The summed E-state index contributed by atoms with van der Waals surface area (Å²) in [5.74, 6) is 0.959. The lowest BCUT2D eigenvalue weighted by Crippen LogP contribution is -2.56. The minimum absolute atomic E-state index is 0.0228. The van der Waals surface area contributed by atoms with Gasteiger partial charge in [-0.1, -0.05) is 6.92 Å². The van der Waals surface area contributed by atoms with Gasteiger partial charge in [0.15, 0.2) is 0 Å². The zero-order valence-electron chi connectivity index (χ0n) is 14.6. The Morgan fingerprint density at radius 1 is 1.42 bits per heavy atom. The predicted octanol–water partition coefficient (Wildman–Crippen LogP) is 1.44. The molecule has 3 rings (SSSR count). The Hall–Kier alpha value is -1.89. The van der Waals surface area contributed by atoms with Crippen LogP contribution >= 0.6 is 0 Å². The van der Waals surface area contributed by atoms with E-state index in [1.54, 1.807) is 6.33 Å². The molecule has 1 N–H and O–H groups in total. The molecule has 2 aliphatic rings. The number of carbonyl (C=O) groups is 1. The number of morpholine rings is 1. The maximum atomic E-state index is 12.5. The van der Waals surface area contributed by atoms with Gasteiger partial charge in [0.05, 0.1) is 19.3 Å². The number of aromatic nitrogens is 2. The number of piperidine rings is 1. The number of hydrogen-bond acceptors (Lipinski definition) is 5. The Bertz CT molecular complexity index is 568. The maximum Gasteiger partial charge on any atom is 0.318 e. The molecule has 1 unspecified atom stereocenters. The Morgan fingerprint density at radius 3 is 3.08 bits per heavy atom. The van der Waals surface area contributed by atoms with E-state index < -0.39 is 0 Å². The number of rotatable bonds is 3. The highest BCUT2D eigenvalue weighted by molar-refractivity contribution is 5.75. The van der Waals surface area contributed by atoms with Crippen molar-refractivity contribution >= 4 is 11.8 Å². The lowest BCUT2D eigenvalue weighted by molar-refractivity contribution is 0.0183. The Morgan fingerprint density at radius 2 is 2.29 bits per heavy atom. The molecule has 1 aromatic heterocycles. The second-order valence-electron chi connectivity index (χ2n) is 6.57. The SMILES string of the molecule is CCc1cc(N2CCCC(NC(=O)N3CCOC[C@H]3C)C2)ncn1. The highest BCUT2D eigenvalue weighted by atomic mass is 16.5. The number of nitrogens with one attached hydrogen (secondary N) is 1. The Balaban J connectivity index is 1.59. The van der Waals surface area contributed by atoms with Crippen molar-refractivity contribution in [2.75, 3.05) is 37.7 Å². The third kappa shape index (κ3) is 3.95. The topological polar surface area (TPSA) is 70.6 Å². The summed E-state index contributed by atoms with van der Waals surface area (Å²) >= 11 is 0. The molecule has 0 saturated carbocycles. The molecule has 132 valence electrons. The van der Waals surface area contributed by atoms with Gasteiger partial charge < -0.3 is 19.9 Å². The molecule has 7 nitrogen and oxygen atoms in total. The molecule has 0 radical (unpaired) electrons. The molecule has 2 aliphatic heterocycles. The van der Waals surface area contributed by atoms with E-state index in [0.29, 0.717) is 19.8 Å². The highest BCUT2D eigenvalue weighted by Crippen LogP contribution is 2.19. The fourth-order valence-corrected chi connectivity index (χ4v) is 3.34. The van der Waals surface area contributed by atoms with Gasteiger partial charge in [0.25, 0.3) is 0 Å². The summed E-state index contributed by atoms with van der Waals surface area (Å²) in [4.78, 5) is 25.3. The Labute approximate surface area is 143 Å². The monoisotopic (exact) mass is 333 g/mol. The van der Waals surface area contributed by atoms with Gasteiger partial charge in [-0.2, -0.15) is 0 Å². The zero-order chi connectivity index (χ0) is 16.9. The maximum absolute atomic E-state index is 12.5. The molecule has 2 atom stereocenters. The number of amides is 2. The van der Waals surface area contributed by atoms with E-state index in [2.05, 4.69) is 27.1 Å². The van der Waals surface area contributed by atoms with E-state index in [0.717, 1.165) is 43.9 Å². The van der Waals surface area contributed by atoms with Crippen molar-refractivity contribution in [3.05, 3.63) is 18.1 Å². The van der Waals surface area contributed by atoms with Crippen LogP contribution in [0.1, 0.15) is 32.4 Å². The summed E-state index contributed by atoms with van der Waals surface area (Å²) in [5, 5.41) is 3.19. The highest BCUT2D eigenvalue weighted by Gasteiger charge is 2.28. The van der Waals surface area contributed by atoms with Gasteiger partial charge >= 0.3 is 6.03 Å². The third-order valence-electron chi connectivity index (χ3n) is 4.77. The van der Waals surface area contributed by atoms with E-state index >= 15 is 0 Å². The lowest BCUT2D eigenvalue weighted by Gasteiger charge is -2.37. The van der Waals surface area contributed by atoms with Crippen LogP contribution in [0.3, 0.4) is 0 Å². The molecular formula is C17H27N5O2. The number of carbonyl (C=O) groups excluding carboxylic acids is 1. The smallest absolute Gasteiger partial charge is 0.318 e. The van der Waals surface area contributed by atoms with Crippen molar-refractivity contribution < 1.29 is 9.53 Å². The Kier molecular flexibility index (Phi) is 5.50. The van der Waals surface area contributed by atoms with E-state index in [4.69, 9.17) is 4.74 Å². The summed E-state index contributed by atoms with van der Waals surface area (Å²) in [7, 11) is 0. The number of aryl methyl sites for hydroxylation is 1. The van der Waals surface area contributed by atoms with E-state index in [-0.39, 0.29) is 18.1 Å². The van der Waals surface area contributed by atoms with Crippen LogP contribution in [0.5, 0.6) is 0 Å². The van der Waals surface area contributed by atoms with Crippen molar-refractivity contribution in [3.63, 3.8) is 0 Å². The molecule has 0 aliphatic carbocycles. The molecular weight excluding hydrogens is 306 g/mol. The van der Waals surface area contributed by atoms with E-state index in [9.17, 15) is 4.79 Å². The van der Waals surface area contributed by atoms with Crippen molar-refractivity contribution in [1.82, 2.24) is 20.2 Å². The van der Waals surface area contributed by atoms with Crippen LogP contribution in [-0.4, -0.2) is 65.8 Å². The minimum Gasteiger partial charge on any atom is -0.377 e. The van der Waals surface area contributed by atoms with Gasteiger partial charge in [-0.15, -0.1) is 0 Å². The summed E-state index contributed by atoms with van der Waals surface area (Å²) < 4.78 is 5.40. The van der Waals surface area contributed by atoms with Gasteiger partial charge in [-0.25, -0.2) is 14.8 Å². The van der Waals surface area contributed by atoms with Crippen LogP contribution < -0.4 is 10.2 Å². The quantitative estimate of drug-likeness (QED) is 0.906. The zero-order valence-corrected chi connectivity index (χ0v) is 14.6. The summed E-state index contributed by atoms with van der Waals surface area (Å²) in [6.45, 7) is 7.79. The lowest BCUT2D eigenvalue weighted by atomic mass is 10.1. The number of urea groups is 1. The molecule has 7 heteroatoms. The van der Waals surface area contributed by atoms with Crippen molar-refractivity contribution in [3.8, 4) is 0 Å². The summed E-state index contributed by atoms with van der Waals surface area (Å²) in [5.41, 5.74) is 1.05. The van der Waals surface area contributed by atoms with Gasteiger partial charge in [-0.3, -0.25) is 0 Å². The molecule has 1 aromatic rings. The van der Waals surface area contributed by atoms with E-state index in [1.807, 2.05) is 17.9 Å². The molecule has 2 saturated heterocycles. The molecule has 2 amide bonds. The largest absolute Gasteiger partial charge is 0.377 e. The fraction of sp³-hybridized carbons (Fsp3) is 0.706. The fourth-order valence-electron chi connectivity index (χ4n) is 3.34. The average molecular weight is 333 g/mol.